The van der Waals surface area contributed by atoms with E-state index in [-0.39, 0.29) is 11.5 Å². The first-order valence-electron chi connectivity index (χ1n) is 6.22. The predicted octanol–water partition coefficient (Wildman–Crippen LogP) is 4.37. The maximum atomic E-state index is 4.18. The van der Waals surface area contributed by atoms with Gasteiger partial charge in [0.05, 0.1) is 0 Å². The summed E-state index contributed by atoms with van der Waals surface area (Å²) in [6, 6.07) is 0.286. The zero-order valence-electron chi connectivity index (χ0n) is 12.1. The molecule has 2 unspecified atom stereocenters. The Labute approximate surface area is 102 Å². The van der Waals surface area contributed by atoms with Crippen molar-refractivity contribution in [1.82, 2.24) is 5.32 Å². The van der Waals surface area contributed by atoms with E-state index in [0.29, 0.717) is 11.8 Å². The van der Waals surface area contributed by atoms with Gasteiger partial charge in [-0.2, -0.15) is 0 Å². The molecule has 1 N–H and O–H groups in total. The van der Waals surface area contributed by atoms with Crippen LogP contribution < -0.4 is 5.32 Å². The quantitative estimate of drug-likeness (QED) is 0.682. The van der Waals surface area contributed by atoms with Crippen LogP contribution in [0.4, 0.5) is 0 Å². The first kappa shape index (κ1) is 15.3. The van der Waals surface area contributed by atoms with Gasteiger partial charge in [-0.15, -0.1) is 0 Å². The third-order valence-corrected chi connectivity index (χ3v) is 3.44. The van der Waals surface area contributed by atoms with Crippen LogP contribution in [-0.4, -0.2) is 6.04 Å². The second-order valence-electron chi connectivity index (χ2n) is 6.20. The van der Waals surface area contributed by atoms with Crippen LogP contribution in [0.1, 0.15) is 48.5 Å². The fraction of sp³-hybridized carbons (Fsp3) is 0.733. The van der Waals surface area contributed by atoms with Crippen LogP contribution in [0.15, 0.2) is 24.4 Å². The lowest BCUT2D eigenvalue weighted by Gasteiger charge is -2.31. The SMILES string of the molecule is C=C(NC(C)C(=C)C(C)(C)C)C(C)C(C)C. The van der Waals surface area contributed by atoms with Crippen LogP contribution in [0.5, 0.6) is 0 Å². The molecule has 0 spiro atoms. The summed E-state index contributed by atoms with van der Waals surface area (Å²) in [7, 11) is 0. The molecule has 0 rings (SSSR count). The summed E-state index contributed by atoms with van der Waals surface area (Å²) in [5.41, 5.74) is 2.49. The highest BCUT2D eigenvalue weighted by Crippen LogP contribution is 2.27. The average molecular weight is 223 g/mol. The highest BCUT2D eigenvalue weighted by molar-refractivity contribution is 5.15. The molecule has 16 heavy (non-hydrogen) atoms. The van der Waals surface area contributed by atoms with Gasteiger partial charge in [-0.1, -0.05) is 60.3 Å². The Morgan fingerprint density at radius 1 is 1.00 bits per heavy atom. The molecular formula is C15H29N. The lowest BCUT2D eigenvalue weighted by atomic mass is 9.83. The van der Waals surface area contributed by atoms with Gasteiger partial charge in [0.2, 0.25) is 0 Å². The molecular weight excluding hydrogens is 194 g/mol. The Kier molecular flexibility index (Phi) is 5.31. The Balaban J connectivity index is 4.42. The summed E-state index contributed by atoms with van der Waals surface area (Å²) >= 11 is 0. The minimum atomic E-state index is 0.147. The lowest BCUT2D eigenvalue weighted by Crippen LogP contribution is -2.34. The number of allylic oxidation sites excluding steroid dienone is 1. The highest BCUT2D eigenvalue weighted by Gasteiger charge is 2.21. The molecule has 0 saturated carbocycles. The molecule has 0 fully saturated rings. The fourth-order valence-corrected chi connectivity index (χ4v) is 1.55. The standard InChI is InChI=1S/C15H29N/c1-10(2)11(3)13(5)16-14(6)12(4)15(7,8)9/h10-11,14,16H,4-5H2,1-3,6-9H3. The first-order valence-corrected chi connectivity index (χ1v) is 6.22. The fourth-order valence-electron chi connectivity index (χ4n) is 1.55. The number of hydrogen-bond donors (Lipinski definition) is 1. The second kappa shape index (κ2) is 5.56. The van der Waals surface area contributed by atoms with E-state index in [1.807, 2.05) is 0 Å². The van der Waals surface area contributed by atoms with E-state index >= 15 is 0 Å². The minimum absolute atomic E-state index is 0.147. The van der Waals surface area contributed by atoms with Gasteiger partial charge in [-0.25, -0.2) is 0 Å². The van der Waals surface area contributed by atoms with E-state index in [9.17, 15) is 0 Å². The van der Waals surface area contributed by atoms with Gasteiger partial charge in [0.15, 0.2) is 0 Å². The molecule has 0 saturated heterocycles. The van der Waals surface area contributed by atoms with Crippen molar-refractivity contribution >= 4 is 0 Å². The topological polar surface area (TPSA) is 12.0 Å². The van der Waals surface area contributed by atoms with Crippen molar-refractivity contribution in [1.29, 1.82) is 0 Å². The van der Waals surface area contributed by atoms with E-state index in [4.69, 9.17) is 0 Å². The number of nitrogens with one attached hydrogen (secondary N) is 1. The Morgan fingerprint density at radius 2 is 1.44 bits per heavy atom. The third kappa shape index (κ3) is 4.42. The van der Waals surface area contributed by atoms with Crippen LogP contribution in [0.2, 0.25) is 0 Å². The van der Waals surface area contributed by atoms with Gasteiger partial charge in [0, 0.05) is 11.7 Å². The first-order chi connectivity index (χ1) is 7.07. The van der Waals surface area contributed by atoms with Crippen LogP contribution in [0.3, 0.4) is 0 Å². The summed E-state index contributed by atoms with van der Waals surface area (Å²) < 4.78 is 0. The molecule has 0 radical (unpaired) electrons. The van der Waals surface area contributed by atoms with Gasteiger partial charge in [0.1, 0.15) is 0 Å². The van der Waals surface area contributed by atoms with Crippen LogP contribution in [0.25, 0.3) is 0 Å². The van der Waals surface area contributed by atoms with Crippen LogP contribution in [-0.2, 0) is 0 Å². The summed E-state index contributed by atoms with van der Waals surface area (Å²) in [6.07, 6.45) is 0. The molecule has 0 aliphatic rings. The van der Waals surface area contributed by atoms with E-state index in [1.54, 1.807) is 0 Å². The van der Waals surface area contributed by atoms with Crippen molar-refractivity contribution in [2.24, 2.45) is 17.3 Å². The van der Waals surface area contributed by atoms with Crippen molar-refractivity contribution in [3.05, 3.63) is 24.4 Å². The van der Waals surface area contributed by atoms with Crippen molar-refractivity contribution in [3.63, 3.8) is 0 Å². The van der Waals surface area contributed by atoms with Crippen molar-refractivity contribution in [3.8, 4) is 0 Å². The molecule has 0 aromatic carbocycles. The van der Waals surface area contributed by atoms with E-state index in [2.05, 4.69) is 66.9 Å². The molecule has 1 heteroatoms. The summed E-state index contributed by atoms with van der Waals surface area (Å²) in [6.45, 7) is 23.7. The van der Waals surface area contributed by atoms with Crippen LogP contribution in [0, 0.1) is 17.3 Å². The third-order valence-electron chi connectivity index (χ3n) is 3.44. The maximum Gasteiger partial charge on any atom is 0.0444 e. The molecule has 2 atom stereocenters. The van der Waals surface area contributed by atoms with Crippen molar-refractivity contribution < 1.29 is 0 Å². The molecule has 0 aromatic heterocycles. The minimum Gasteiger partial charge on any atom is -0.382 e. The van der Waals surface area contributed by atoms with E-state index < -0.39 is 0 Å². The monoisotopic (exact) mass is 223 g/mol. The molecule has 0 aliphatic carbocycles. The smallest absolute Gasteiger partial charge is 0.0444 e. The normalized spacial score (nSPS) is 15.8. The van der Waals surface area contributed by atoms with Gasteiger partial charge < -0.3 is 5.32 Å². The van der Waals surface area contributed by atoms with Gasteiger partial charge in [0.25, 0.3) is 0 Å². The second-order valence-corrected chi connectivity index (χ2v) is 6.20. The average Bonchev–Trinajstić information content (AvgIpc) is 2.13. The number of rotatable bonds is 5. The van der Waals surface area contributed by atoms with Crippen molar-refractivity contribution in [2.75, 3.05) is 0 Å². The van der Waals surface area contributed by atoms with E-state index in [1.165, 1.54) is 5.57 Å². The number of hydrogen-bond acceptors (Lipinski definition) is 1. The van der Waals surface area contributed by atoms with Gasteiger partial charge in [-0.05, 0) is 24.2 Å². The van der Waals surface area contributed by atoms with Gasteiger partial charge in [-0.3, -0.25) is 0 Å². The molecule has 0 bridgehead atoms. The molecule has 0 aromatic rings. The maximum absolute atomic E-state index is 4.18. The molecule has 0 amide bonds. The summed E-state index contributed by atoms with van der Waals surface area (Å²) in [5, 5.41) is 3.47. The Hall–Kier alpha value is -0.720. The summed E-state index contributed by atoms with van der Waals surface area (Å²) in [5.74, 6) is 1.12. The van der Waals surface area contributed by atoms with Crippen molar-refractivity contribution in [2.45, 2.75) is 54.5 Å². The molecule has 94 valence electrons. The zero-order chi connectivity index (χ0) is 13.1. The zero-order valence-corrected chi connectivity index (χ0v) is 12.1. The predicted molar refractivity (Wildman–Crippen MR) is 74.3 cm³/mol. The Morgan fingerprint density at radius 3 is 1.75 bits per heavy atom. The largest absolute Gasteiger partial charge is 0.382 e. The Bertz CT molecular complexity index is 255. The molecule has 0 aliphatic heterocycles. The molecule has 0 heterocycles. The molecule has 1 nitrogen and oxygen atoms in total. The van der Waals surface area contributed by atoms with Gasteiger partial charge >= 0.3 is 0 Å². The lowest BCUT2D eigenvalue weighted by molar-refractivity contribution is 0.414. The van der Waals surface area contributed by atoms with Crippen LogP contribution >= 0.6 is 0 Å². The summed E-state index contributed by atoms with van der Waals surface area (Å²) in [4.78, 5) is 0. The van der Waals surface area contributed by atoms with E-state index in [0.717, 1.165) is 5.70 Å². The highest BCUT2D eigenvalue weighted by atomic mass is 14.9.